The highest BCUT2D eigenvalue weighted by molar-refractivity contribution is 8.18. The Morgan fingerprint density at radius 3 is 2.33 bits per heavy atom. The molecule has 1 saturated heterocycles. The average Bonchev–Trinajstić information content (AvgIpc) is 3.19. The van der Waals surface area contributed by atoms with E-state index in [0.717, 1.165) is 17.7 Å². The predicted molar refractivity (Wildman–Crippen MR) is 143 cm³/mol. The zero-order chi connectivity index (χ0) is 28.9. The van der Waals surface area contributed by atoms with Gasteiger partial charge in [-0.1, -0.05) is 36.4 Å². The van der Waals surface area contributed by atoms with Gasteiger partial charge in [0.25, 0.3) is 11.1 Å². The molecule has 3 aromatic carbocycles. The molecule has 0 unspecified atom stereocenters. The summed E-state index contributed by atoms with van der Waals surface area (Å²) in [6.45, 7) is -0.374. The predicted octanol–water partition coefficient (Wildman–Crippen LogP) is 5.98. The van der Waals surface area contributed by atoms with E-state index >= 15 is 0 Å². The van der Waals surface area contributed by atoms with Crippen molar-refractivity contribution in [2.24, 2.45) is 0 Å². The fourth-order valence-electron chi connectivity index (χ4n) is 3.73. The van der Waals surface area contributed by atoms with Crippen LogP contribution in [0.5, 0.6) is 17.2 Å². The lowest BCUT2D eigenvalue weighted by molar-refractivity contribution is -0.137. The van der Waals surface area contributed by atoms with Gasteiger partial charge in [0.1, 0.15) is 18.9 Å². The van der Waals surface area contributed by atoms with Crippen LogP contribution in [0.3, 0.4) is 0 Å². The van der Waals surface area contributed by atoms with E-state index in [9.17, 15) is 27.6 Å². The van der Waals surface area contributed by atoms with Gasteiger partial charge in [-0.2, -0.15) is 13.2 Å². The lowest BCUT2D eigenvalue weighted by atomic mass is 10.1. The molecule has 0 aliphatic carbocycles. The zero-order valence-electron chi connectivity index (χ0n) is 21.3. The minimum absolute atomic E-state index is 0.0134. The molecule has 1 aliphatic rings. The van der Waals surface area contributed by atoms with Crippen LogP contribution in [0.25, 0.3) is 6.08 Å². The molecule has 0 aromatic heterocycles. The first-order valence-electron chi connectivity index (χ1n) is 11.7. The van der Waals surface area contributed by atoms with Crippen LogP contribution in [0, 0.1) is 0 Å². The van der Waals surface area contributed by atoms with Crippen LogP contribution in [0.4, 0.5) is 23.7 Å². The highest BCUT2D eigenvalue weighted by atomic mass is 32.2. The quantitative estimate of drug-likeness (QED) is 0.316. The van der Waals surface area contributed by atoms with Gasteiger partial charge in [0.2, 0.25) is 5.91 Å². The summed E-state index contributed by atoms with van der Waals surface area (Å²) in [5.74, 6) is -0.704. The molecule has 3 aromatic rings. The topological polar surface area (TPSA) is 94.2 Å². The van der Waals surface area contributed by atoms with Crippen molar-refractivity contribution >= 4 is 40.6 Å². The third-order valence-electron chi connectivity index (χ3n) is 5.70. The maximum absolute atomic E-state index is 13.1. The number of hydrogen-bond acceptors (Lipinski definition) is 7. The summed E-state index contributed by atoms with van der Waals surface area (Å²) < 4.78 is 55.5. The molecular weight excluding hydrogens is 549 g/mol. The Kier molecular flexibility index (Phi) is 8.68. The molecule has 1 fully saturated rings. The number of ether oxygens (including phenoxy) is 3. The Hall–Kier alpha value is -4.45. The van der Waals surface area contributed by atoms with Crippen LogP contribution in [-0.4, -0.2) is 42.7 Å². The summed E-state index contributed by atoms with van der Waals surface area (Å²) >= 11 is 0.637. The Bertz CT molecular complexity index is 1460. The fourth-order valence-corrected chi connectivity index (χ4v) is 4.57. The largest absolute Gasteiger partial charge is 0.495 e. The number of carbonyl (C=O) groups is 3. The maximum Gasteiger partial charge on any atom is 0.416 e. The van der Waals surface area contributed by atoms with Crippen LogP contribution in [-0.2, 0) is 22.4 Å². The van der Waals surface area contributed by atoms with E-state index in [1.807, 2.05) is 30.3 Å². The Morgan fingerprint density at radius 2 is 1.65 bits per heavy atom. The SMILES string of the molecule is COc1ccc(C(F)(F)F)cc1NC(=O)CN1C(=O)S/C(=C\c2ccc(OCc3ccccc3)c(OC)c2)C1=O. The molecule has 208 valence electrons. The van der Waals surface area contributed by atoms with Crippen LogP contribution in [0.1, 0.15) is 16.7 Å². The number of methoxy groups -OCH3 is 2. The minimum atomic E-state index is -4.64. The highest BCUT2D eigenvalue weighted by Gasteiger charge is 2.37. The monoisotopic (exact) mass is 572 g/mol. The zero-order valence-corrected chi connectivity index (χ0v) is 22.1. The summed E-state index contributed by atoms with van der Waals surface area (Å²) in [6.07, 6.45) is -3.17. The van der Waals surface area contributed by atoms with Crippen molar-refractivity contribution in [3.63, 3.8) is 0 Å². The first-order chi connectivity index (χ1) is 19.1. The second-order valence-electron chi connectivity index (χ2n) is 8.41. The van der Waals surface area contributed by atoms with Crippen molar-refractivity contribution in [1.29, 1.82) is 0 Å². The van der Waals surface area contributed by atoms with Crippen LogP contribution in [0.15, 0.2) is 71.6 Å². The van der Waals surface area contributed by atoms with Gasteiger partial charge < -0.3 is 19.5 Å². The van der Waals surface area contributed by atoms with Crippen molar-refractivity contribution in [3.8, 4) is 17.2 Å². The summed E-state index contributed by atoms with van der Waals surface area (Å²) in [4.78, 5) is 38.8. The molecule has 0 atom stereocenters. The summed E-state index contributed by atoms with van der Waals surface area (Å²) in [5, 5.41) is 1.59. The second-order valence-corrected chi connectivity index (χ2v) is 9.41. The lowest BCUT2D eigenvalue weighted by Crippen LogP contribution is -2.36. The van der Waals surface area contributed by atoms with Crippen molar-refractivity contribution in [2.75, 3.05) is 26.1 Å². The molecule has 1 aliphatic heterocycles. The Morgan fingerprint density at radius 1 is 0.950 bits per heavy atom. The molecule has 40 heavy (non-hydrogen) atoms. The van der Waals surface area contributed by atoms with E-state index in [0.29, 0.717) is 46.4 Å². The number of halogens is 3. The van der Waals surface area contributed by atoms with Gasteiger partial charge in [-0.15, -0.1) is 0 Å². The number of amides is 3. The molecule has 12 heteroatoms. The molecule has 3 amide bonds. The number of alkyl halides is 3. The van der Waals surface area contributed by atoms with E-state index in [4.69, 9.17) is 14.2 Å². The van der Waals surface area contributed by atoms with Crippen molar-refractivity contribution < 1.29 is 41.8 Å². The van der Waals surface area contributed by atoms with Gasteiger partial charge in [0, 0.05) is 0 Å². The molecular formula is C28H23F3N2O6S. The van der Waals surface area contributed by atoms with Gasteiger partial charge in [-0.3, -0.25) is 19.3 Å². The number of benzene rings is 3. The second kappa shape index (κ2) is 12.2. The van der Waals surface area contributed by atoms with E-state index in [-0.39, 0.29) is 16.3 Å². The fraction of sp³-hybridized carbons (Fsp3) is 0.179. The van der Waals surface area contributed by atoms with Gasteiger partial charge in [0.15, 0.2) is 11.5 Å². The van der Waals surface area contributed by atoms with Gasteiger partial charge in [-0.25, -0.2) is 0 Å². The molecule has 0 spiro atoms. The molecule has 1 heterocycles. The Balaban J connectivity index is 1.45. The molecule has 1 N–H and O–H groups in total. The standard InChI is InChI=1S/C28H23F3N2O6S/c1-37-21-11-9-19(28(29,30)31)14-20(21)32-25(34)15-33-26(35)24(40-27(33)36)13-18-8-10-22(23(12-18)38-2)39-16-17-6-4-3-5-7-17/h3-14H,15-16H2,1-2H3,(H,32,34)/b24-13-. The smallest absolute Gasteiger partial charge is 0.416 e. The van der Waals surface area contributed by atoms with Crippen LogP contribution < -0.4 is 19.5 Å². The number of nitrogens with one attached hydrogen (secondary N) is 1. The van der Waals surface area contributed by atoms with Crippen LogP contribution in [0.2, 0.25) is 0 Å². The summed E-state index contributed by atoms with van der Waals surface area (Å²) in [6, 6.07) is 17.1. The van der Waals surface area contributed by atoms with Crippen molar-refractivity contribution in [1.82, 2.24) is 4.90 Å². The molecule has 8 nitrogen and oxygen atoms in total. The first kappa shape index (κ1) is 28.6. The Labute approximate surface area is 231 Å². The highest BCUT2D eigenvalue weighted by Crippen LogP contribution is 2.36. The number of thioether (sulfide) groups is 1. The lowest BCUT2D eigenvalue weighted by Gasteiger charge is -2.16. The number of carbonyl (C=O) groups excluding carboxylic acids is 3. The van der Waals surface area contributed by atoms with Gasteiger partial charge in [0.05, 0.1) is 30.4 Å². The van der Waals surface area contributed by atoms with E-state index < -0.39 is 35.3 Å². The number of hydrogen-bond donors (Lipinski definition) is 1. The number of anilines is 1. The molecule has 0 saturated carbocycles. The number of imide groups is 1. The van der Waals surface area contributed by atoms with E-state index in [1.165, 1.54) is 20.3 Å². The molecule has 4 rings (SSSR count). The molecule has 0 bridgehead atoms. The summed E-state index contributed by atoms with van der Waals surface area (Å²) in [7, 11) is 2.71. The van der Waals surface area contributed by atoms with Gasteiger partial charge >= 0.3 is 6.18 Å². The van der Waals surface area contributed by atoms with Crippen LogP contribution >= 0.6 is 11.8 Å². The third-order valence-corrected chi connectivity index (χ3v) is 6.61. The number of rotatable bonds is 9. The first-order valence-corrected chi connectivity index (χ1v) is 12.6. The molecule has 0 radical (unpaired) electrons. The number of nitrogens with zero attached hydrogens (tertiary/aromatic N) is 1. The van der Waals surface area contributed by atoms with E-state index in [1.54, 1.807) is 18.2 Å². The minimum Gasteiger partial charge on any atom is -0.495 e. The van der Waals surface area contributed by atoms with E-state index in [2.05, 4.69) is 5.32 Å². The normalized spacial score (nSPS) is 14.4. The maximum atomic E-state index is 13.1. The van der Waals surface area contributed by atoms with Crippen molar-refractivity contribution in [3.05, 3.63) is 88.3 Å². The summed E-state index contributed by atoms with van der Waals surface area (Å²) in [5.41, 5.74) is 0.279. The average molecular weight is 573 g/mol. The van der Waals surface area contributed by atoms with Gasteiger partial charge in [-0.05, 0) is 59.3 Å². The third kappa shape index (κ3) is 6.75. The van der Waals surface area contributed by atoms with Crippen molar-refractivity contribution in [2.45, 2.75) is 12.8 Å².